The summed E-state index contributed by atoms with van der Waals surface area (Å²) in [5.74, 6) is -0.341. The molecule has 2 aromatic carbocycles. The lowest BCUT2D eigenvalue weighted by Gasteiger charge is -2.13. The van der Waals surface area contributed by atoms with Gasteiger partial charge in [-0.25, -0.2) is 12.7 Å². The van der Waals surface area contributed by atoms with Gasteiger partial charge in [-0.05, 0) is 36.4 Å². The highest BCUT2D eigenvalue weighted by Crippen LogP contribution is 2.20. The largest absolute Gasteiger partial charge is 0.376 e. The fraction of sp³-hybridized carbons (Fsp3) is 0.176. The molecule has 0 fully saturated rings. The SMILES string of the molecule is CN(C)S(=O)(=O)c1cccc(NCC(=O)Nc2ccc(C#N)c(Cl)c2)c1. The molecule has 26 heavy (non-hydrogen) atoms. The van der Waals surface area contributed by atoms with Crippen molar-refractivity contribution in [1.29, 1.82) is 5.26 Å². The zero-order valence-electron chi connectivity index (χ0n) is 14.2. The first-order chi connectivity index (χ1) is 12.2. The van der Waals surface area contributed by atoms with Crippen LogP contribution in [0.3, 0.4) is 0 Å². The number of hydrogen-bond acceptors (Lipinski definition) is 5. The second-order valence-electron chi connectivity index (χ2n) is 5.52. The summed E-state index contributed by atoms with van der Waals surface area (Å²) in [4.78, 5) is 12.2. The van der Waals surface area contributed by atoms with Gasteiger partial charge in [0.1, 0.15) is 6.07 Å². The Bertz CT molecular complexity index is 968. The van der Waals surface area contributed by atoms with Crippen LogP contribution < -0.4 is 10.6 Å². The molecule has 0 unspecified atom stereocenters. The van der Waals surface area contributed by atoms with Crippen molar-refractivity contribution in [3.05, 3.63) is 53.1 Å². The van der Waals surface area contributed by atoms with E-state index >= 15 is 0 Å². The van der Waals surface area contributed by atoms with Crippen LogP contribution in [0.5, 0.6) is 0 Å². The Labute approximate surface area is 157 Å². The number of nitriles is 1. The average Bonchev–Trinajstić information content (AvgIpc) is 2.60. The van der Waals surface area contributed by atoms with E-state index in [1.54, 1.807) is 18.2 Å². The number of sulfonamides is 1. The summed E-state index contributed by atoms with van der Waals surface area (Å²) >= 11 is 5.92. The van der Waals surface area contributed by atoms with Crippen molar-refractivity contribution >= 4 is 38.9 Å². The first-order valence-corrected chi connectivity index (χ1v) is 9.32. The highest BCUT2D eigenvalue weighted by molar-refractivity contribution is 7.89. The van der Waals surface area contributed by atoms with Gasteiger partial charge in [-0.1, -0.05) is 17.7 Å². The third kappa shape index (κ3) is 4.73. The molecular weight excluding hydrogens is 376 g/mol. The maximum absolute atomic E-state index is 12.1. The number of carbonyl (C=O) groups is 1. The molecule has 0 spiro atoms. The van der Waals surface area contributed by atoms with E-state index in [2.05, 4.69) is 10.6 Å². The molecule has 0 atom stereocenters. The molecule has 0 aliphatic heterocycles. The number of hydrogen-bond donors (Lipinski definition) is 2. The van der Waals surface area contributed by atoms with Gasteiger partial charge >= 0.3 is 0 Å². The fourth-order valence-electron chi connectivity index (χ4n) is 2.05. The van der Waals surface area contributed by atoms with Crippen LogP contribution in [0.15, 0.2) is 47.4 Å². The molecule has 7 nitrogen and oxygen atoms in total. The number of nitrogens with one attached hydrogen (secondary N) is 2. The summed E-state index contributed by atoms with van der Waals surface area (Å²) in [5.41, 5.74) is 1.28. The fourth-order valence-corrected chi connectivity index (χ4v) is 3.22. The molecule has 2 N–H and O–H groups in total. The van der Waals surface area contributed by atoms with Gasteiger partial charge in [-0.2, -0.15) is 5.26 Å². The van der Waals surface area contributed by atoms with E-state index in [9.17, 15) is 13.2 Å². The average molecular weight is 393 g/mol. The minimum Gasteiger partial charge on any atom is -0.376 e. The third-order valence-corrected chi connectivity index (χ3v) is 5.56. The van der Waals surface area contributed by atoms with Gasteiger partial charge in [0.2, 0.25) is 15.9 Å². The van der Waals surface area contributed by atoms with Crippen LogP contribution >= 0.6 is 11.6 Å². The molecule has 0 radical (unpaired) electrons. The molecule has 1 amide bonds. The van der Waals surface area contributed by atoms with E-state index in [4.69, 9.17) is 16.9 Å². The molecule has 0 aliphatic rings. The van der Waals surface area contributed by atoms with Crippen molar-refractivity contribution in [2.45, 2.75) is 4.90 Å². The Morgan fingerprint density at radius 2 is 1.92 bits per heavy atom. The van der Waals surface area contributed by atoms with Gasteiger partial charge in [0.05, 0.1) is 22.0 Å². The molecule has 0 heterocycles. The van der Waals surface area contributed by atoms with Crippen LogP contribution in [-0.4, -0.2) is 39.3 Å². The van der Waals surface area contributed by atoms with E-state index < -0.39 is 10.0 Å². The minimum atomic E-state index is -3.55. The number of rotatable bonds is 6. The zero-order valence-corrected chi connectivity index (χ0v) is 15.7. The van der Waals surface area contributed by atoms with Gasteiger partial charge < -0.3 is 10.6 Å². The number of anilines is 2. The summed E-state index contributed by atoms with van der Waals surface area (Å²) in [6.07, 6.45) is 0. The Kier molecular flexibility index (Phi) is 6.21. The van der Waals surface area contributed by atoms with Gasteiger partial charge in [-0.15, -0.1) is 0 Å². The predicted octanol–water partition coefficient (Wildman–Crippen LogP) is 2.51. The van der Waals surface area contributed by atoms with Crippen molar-refractivity contribution in [2.24, 2.45) is 0 Å². The monoisotopic (exact) mass is 392 g/mol. The van der Waals surface area contributed by atoms with E-state index in [1.807, 2.05) is 6.07 Å². The zero-order chi connectivity index (χ0) is 19.3. The number of carbonyl (C=O) groups excluding carboxylic acids is 1. The predicted molar refractivity (Wildman–Crippen MR) is 101 cm³/mol. The molecule has 2 rings (SSSR count). The molecule has 2 aromatic rings. The second-order valence-corrected chi connectivity index (χ2v) is 8.08. The normalized spacial score (nSPS) is 11.0. The van der Waals surface area contributed by atoms with Crippen molar-refractivity contribution in [3.8, 4) is 6.07 Å². The molecular formula is C17H17ClN4O3S. The number of benzene rings is 2. The lowest BCUT2D eigenvalue weighted by Crippen LogP contribution is -2.23. The molecule has 0 bridgehead atoms. The van der Waals surface area contributed by atoms with Gasteiger partial charge in [0.15, 0.2) is 0 Å². The third-order valence-electron chi connectivity index (χ3n) is 3.44. The maximum Gasteiger partial charge on any atom is 0.243 e. The van der Waals surface area contributed by atoms with E-state index in [1.165, 1.54) is 38.4 Å². The Balaban J connectivity index is 2.02. The summed E-state index contributed by atoms with van der Waals surface area (Å²) in [7, 11) is -0.646. The number of halogens is 1. The van der Waals surface area contributed by atoms with Gasteiger partial charge in [0, 0.05) is 25.5 Å². The number of amides is 1. The Morgan fingerprint density at radius 1 is 1.19 bits per heavy atom. The van der Waals surface area contributed by atoms with E-state index in [0.29, 0.717) is 16.9 Å². The van der Waals surface area contributed by atoms with Crippen molar-refractivity contribution in [3.63, 3.8) is 0 Å². The molecule has 0 aliphatic carbocycles. The molecule has 0 saturated carbocycles. The highest BCUT2D eigenvalue weighted by Gasteiger charge is 2.17. The maximum atomic E-state index is 12.1. The van der Waals surface area contributed by atoms with Crippen LogP contribution in [0.25, 0.3) is 0 Å². The Hall–Kier alpha value is -2.60. The molecule has 0 aromatic heterocycles. The summed E-state index contributed by atoms with van der Waals surface area (Å²) in [5, 5.41) is 14.6. The Morgan fingerprint density at radius 3 is 2.54 bits per heavy atom. The summed E-state index contributed by atoms with van der Waals surface area (Å²) in [6, 6.07) is 12.7. The van der Waals surface area contributed by atoms with E-state index in [-0.39, 0.29) is 22.4 Å². The first kappa shape index (κ1) is 19.7. The lowest BCUT2D eigenvalue weighted by atomic mass is 10.2. The van der Waals surface area contributed by atoms with Crippen molar-refractivity contribution < 1.29 is 13.2 Å². The van der Waals surface area contributed by atoms with Crippen LogP contribution in [0.4, 0.5) is 11.4 Å². The van der Waals surface area contributed by atoms with E-state index in [0.717, 1.165) is 4.31 Å². The van der Waals surface area contributed by atoms with Gasteiger partial charge in [0.25, 0.3) is 0 Å². The first-order valence-electron chi connectivity index (χ1n) is 7.50. The summed E-state index contributed by atoms with van der Waals surface area (Å²) < 4.78 is 25.4. The van der Waals surface area contributed by atoms with Crippen LogP contribution in [0, 0.1) is 11.3 Å². The van der Waals surface area contributed by atoms with Crippen molar-refractivity contribution in [1.82, 2.24) is 4.31 Å². The van der Waals surface area contributed by atoms with Crippen LogP contribution in [-0.2, 0) is 14.8 Å². The molecule has 136 valence electrons. The lowest BCUT2D eigenvalue weighted by molar-refractivity contribution is -0.114. The topological polar surface area (TPSA) is 102 Å². The smallest absolute Gasteiger partial charge is 0.243 e. The quantitative estimate of drug-likeness (QED) is 0.786. The van der Waals surface area contributed by atoms with Crippen LogP contribution in [0.1, 0.15) is 5.56 Å². The highest BCUT2D eigenvalue weighted by atomic mass is 35.5. The molecule has 9 heteroatoms. The summed E-state index contributed by atoms with van der Waals surface area (Å²) in [6.45, 7) is -0.0664. The molecule has 0 saturated heterocycles. The van der Waals surface area contributed by atoms with Gasteiger partial charge in [-0.3, -0.25) is 4.79 Å². The second kappa shape index (κ2) is 8.19. The van der Waals surface area contributed by atoms with Crippen molar-refractivity contribution in [2.75, 3.05) is 31.3 Å². The number of nitrogens with zero attached hydrogens (tertiary/aromatic N) is 2. The van der Waals surface area contributed by atoms with Crippen LogP contribution in [0.2, 0.25) is 5.02 Å². The standard InChI is InChI=1S/C17H17ClN4O3S/c1-22(2)26(24,25)15-5-3-4-13(8-15)20-11-17(23)21-14-7-6-12(10-19)16(18)9-14/h3-9,20H,11H2,1-2H3,(H,21,23). The minimum absolute atomic E-state index is 0.0664.